The van der Waals surface area contributed by atoms with Crippen molar-refractivity contribution in [2.45, 2.75) is 44.5 Å². The third kappa shape index (κ3) is 6.94. The molecule has 2 fully saturated rings. The van der Waals surface area contributed by atoms with Crippen molar-refractivity contribution in [3.8, 4) is 0 Å². The van der Waals surface area contributed by atoms with Crippen LogP contribution in [-0.2, 0) is 27.3 Å². The molecule has 2 aliphatic rings. The number of carbonyl (C=O) groups is 2. The normalized spacial score (nSPS) is 17.8. The predicted octanol–water partition coefficient (Wildman–Crippen LogP) is 2.31. The molecule has 1 N–H and O–H groups in total. The summed E-state index contributed by atoms with van der Waals surface area (Å²) in [6.07, 6.45) is -0.0321. The van der Waals surface area contributed by atoms with Crippen LogP contribution in [0.2, 0.25) is 0 Å². The lowest BCUT2D eigenvalue weighted by Crippen LogP contribution is -2.47. The molecule has 1 unspecified atom stereocenters. The van der Waals surface area contributed by atoms with Gasteiger partial charge in [-0.15, -0.1) is 5.10 Å². The van der Waals surface area contributed by atoms with Gasteiger partial charge in [-0.1, -0.05) is 35.5 Å². The topological polar surface area (TPSA) is 127 Å². The fourth-order valence-corrected chi connectivity index (χ4v) is 4.37. The molecule has 1 aromatic carbocycles. The first kappa shape index (κ1) is 27.2. The van der Waals surface area contributed by atoms with E-state index >= 15 is 0 Å². The SMILES string of the molecule is O=C(CCc1ccccc1)N1CCOC(Cn2nnc3c(N4CCCC4)ncnc32)C1.O=C(O)C(F)(F)F. The third-order valence-electron chi connectivity index (χ3n) is 6.27. The maximum absolute atomic E-state index is 12.7. The number of nitrogens with zero attached hydrogens (tertiary/aromatic N) is 7. The molecule has 11 nitrogen and oxygen atoms in total. The highest BCUT2D eigenvalue weighted by Gasteiger charge is 2.38. The summed E-state index contributed by atoms with van der Waals surface area (Å²) in [6, 6.07) is 10.1. The minimum Gasteiger partial charge on any atom is -0.475 e. The number of amides is 1. The molecule has 3 aromatic rings. The lowest BCUT2D eigenvalue weighted by Gasteiger charge is -2.33. The maximum atomic E-state index is 12.7. The Bertz CT molecular complexity index is 1230. The summed E-state index contributed by atoms with van der Waals surface area (Å²) in [7, 11) is 0. The van der Waals surface area contributed by atoms with Gasteiger partial charge < -0.3 is 19.6 Å². The number of aromatic nitrogens is 5. The van der Waals surface area contributed by atoms with Gasteiger partial charge in [0.25, 0.3) is 0 Å². The molecule has 2 saturated heterocycles. The number of rotatable bonds is 6. The summed E-state index contributed by atoms with van der Waals surface area (Å²) in [5.74, 6) is -1.73. The largest absolute Gasteiger partial charge is 0.490 e. The van der Waals surface area contributed by atoms with E-state index in [1.807, 2.05) is 23.1 Å². The van der Waals surface area contributed by atoms with Crippen LogP contribution in [0.3, 0.4) is 0 Å². The summed E-state index contributed by atoms with van der Waals surface area (Å²) in [4.78, 5) is 34.6. The Morgan fingerprint density at radius 1 is 1.08 bits per heavy atom. The Balaban J connectivity index is 0.000000426. The van der Waals surface area contributed by atoms with Gasteiger partial charge in [0.15, 0.2) is 17.0 Å². The molecule has 4 heterocycles. The summed E-state index contributed by atoms with van der Waals surface area (Å²) in [5.41, 5.74) is 2.63. The quantitative estimate of drug-likeness (QED) is 0.506. The second-order valence-electron chi connectivity index (χ2n) is 8.96. The van der Waals surface area contributed by atoms with Gasteiger partial charge in [-0.25, -0.2) is 19.4 Å². The molecule has 0 bridgehead atoms. The van der Waals surface area contributed by atoms with Crippen LogP contribution in [0.1, 0.15) is 24.8 Å². The highest BCUT2D eigenvalue weighted by atomic mass is 19.4. The number of halogens is 3. The van der Waals surface area contributed by atoms with Crippen LogP contribution < -0.4 is 4.90 Å². The molecule has 0 aliphatic carbocycles. The van der Waals surface area contributed by atoms with Crippen molar-refractivity contribution in [2.75, 3.05) is 37.7 Å². The van der Waals surface area contributed by atoms with E-state index < -0.39 is 12.1 Å². The van der Waals surface area contributed by atoms with Crippen molar-refractivity contribution >= 4 is 28.9 Å². The van der Waals surface area contributed by atoms with Gasteiger partial charge in [0, 0.05) is 32.6 Å². The highest BCUT2D eigenvalue weighted by Crippen LogP contribution is 2.24. The van der Waals surface area contributed by atoms with Gasteiger partial charge in [0.2, 0.25) is 5.91 Å². The average molecular weight is 536 g/mol. The van der Waals surface area contributed by atoms with Crippen LogP contribution in [0.25, 0.3) is 11.2 Å². The van der Waals surface area contributed by atoms with E-state index in [0.717, 1.165) is 30.8 Å². The highest BCUT2D eigenvalue weighted by molar-refractivity contribution is 5.82. The van der Waals surface area contributed by atoms with Crippen molar-refractivity contribution < 1.29 is 32.6 Å². The van der Waals surface area contributed by atoms with E-state index in [-0.39, 0.29) is 12.0 Å². The first-order valence-electron chi connectivity index (χ1n) is 12.2. The Hall–Kier alpha value is -3.81. The molecule has 1 atom stereocenters. The number of ether oxygens (including phenoxy) is 1. The van der Waals surface area contributed by atoms with Crippen LogP contribution >= 0.6 is 0 Å². The molecular formula is C24H28F3N7O4. The summed E-state index contributed by atoms with van der Waals surface area (Å²) < 4.78 is 39.5. The Morgan fingerprint density at radius 3 is 2.47 bits per heavy atom. The molecule has 2 aromatic heterocycles. The minimum atomic E-state index is -5.08. The number of alkyl halides is 3. The van der Waals surface area contributed by atoms with Gasteiger partial charge in [0.1, 0.15) is 6.33 Å². The zero-order chi connectivity index (χ0) is 27.1. The number of hydrogen-bond donors (Lipinski definition) is 1. The first-order valence-corrected chi connectivity index (χ1v) is 12.2. The van der Waals surface area contributed by atoms with E-state index in [1.54, 1.807) is 11.0 Å². The summed E-state index contributed by atoms with van der Waals surface area (Å²) in [5, 5.41) is 15.8. The maximum Gasteiger partial charge on any atom is 0.490 e. The molecule has 204 valence electrons. The fraction of sp³-hybridized carbons (Fsp3) is 0.500. The van der Waals surface area contributed by atoms with Gasteiger partial charge in [0.05, 0.1) is 19.3 Å². The lowest BCUT2D eigenvalue weighted by atomic mass is 10.1. The fourth-order valence-electron chi connectivity index (χ4n) is 4.37. The molecule has 2 aliphatic heterocycles. The third-order valence-corrected chi connectivity index (χ3v) is 6.27. The average Bonchev–Trinajstić information content (AvgIpc) is 3.59. The molecule has 5 rings (SSSR count). The van der Waals surface area contributed by atoms with Crippen molar-refractivity contribution in [1.82, 2.24) is 29.9 Å². The number of aliphatic carboxylic acids is 1. The number of aryl methyl sites for hydroxylation is 1. The van der Waals surface area contributed by atoms with E-state index in [9.17, 15) is 18.0 Å². The Labute approximate surface area is 216 Å². The number of carbonyl (C=O) groups excluding carboxylic acids is 1. The van der Waals surface area contributed by atoms with Crippen LogP contribution in [0.15, 0.2) is 36.7 Å². The van der Waals surface area contributed by atoms with Gasteiger partial charge in [-0.3, -0.25) is 4.79 Å². The van der Waals surface area contributed by atoms with Crippen molar-refractivity contribution in [2.24, 2.45) is 0 Å². The first-order chi connectivity index (χ1) is 18.2. The van der Waals surface area contributed by atoms with Crippen LogP contribution in [-0.4, -0.2) is 91.9 Å². The number of fused-ring (bicyclic) bond motifs is 1. The second kappa shape index (κ2) is 12.2. The Kier molecular flexibility index (Phi) is 8.71. The standard InChI is InChI=1S/C22H27N7O2.C2HF3O2/c30-19(9-8-17-6-2-1-3-7-17)28-12-13-31-18(14-28)15-29-22-20(25-26-29)21(23-16-24-22)27-10-4-5-11-27;3-2(4,5)1(6)7/h1-3,6-7,16,18H,4-5,8-15H2;(H,6,7). The number of carboxylic acid groups (broad SMARTS) is 1. The molecule has 1 amide bonds. The number of morpholine rings is 1. The monoisotopic (exact) mass is 535 g/mol. The van der Waals surface area contributed by atoms with E-state index in [4.69, 9.17) is 14.6 Å². The van der Waals surface area contributed by atoms with Gasteiger partial charge in [-0.2, -0.15) is 13.2 Å². The van der Waals surface area contributed by atoms with Crippen molar-refractivity contribution in [3.63, 3.8) is 0 Å². The minimum absolute atomic E-state index is 0.135. The molecule has 14 heteroatoms. The number of benzene rings is 1. The van der Waals surface area contributed by atoms with Crippen LogP contribution in [0.4, 0.5) is 19.0 Å². The predicted molar refractivity (Wildman–Crippen MR) is 129 cm³/mol. The van der Waals surface area contributed by atoms with E-state index in [1.165, 1.54) is 18.4 Å². The van der Waals surface area contributed by atoms with Crippen LogP contribution in [0, 0.1) is 0 Å². The van der Waals surface area contributed by atoms with E-state index in [0.29, 0.717) is 38.3 Å². The molecule has 0 spiro atoms. The molecule has 0 saturated carbocycles. The number of carboxylic acids is 1. The smallest absolute Gasteiger partial charge is 0.475 e. The number of anilines is 1. The molecule has 38 heavy (non-hydrogen) atoms. The molecule has 0 radical (unpaired) electrons. The zero-order valence-electron chi connectivity index (χ0n) is 20.5. The number of hydrogen-bond acceptors (Lipinski definition) is 8. The lowest BCUT2D eigenvalue weighted by molar-refractivity contribution is -0.192. The van der Waals surface area contributed by atoms with Gasteiger partial charge in [-0.05, 0) is 24.8 Å². The van der Waals surface area contributed by atoms with Crippen molar-refractivity contribution in [1.29, 1.82) is 0 Å². The van der Waals surface area contributed by atoms with Gasteiger partial charge >= 0.3 is 12.1 Å². The van der Waals surface area contributed by atoms with Crippen LogP contribution in [0.5, 0.6) is 0 Å². The second-order valence-corrected chi connectivity index (χ2v) is 8.96. The molecular weight excluding hydrogens is 507 g/mol. The van der Waals surface area contributed by atoms with E-state index in [2.05, 4.69) is 37.3 Å². The zero-order valence-corrected chi connectivity index (χ0v) is 20.5. The Morgan fingerprint density at radius 2 is 1.79 bits per heavy atom. The summed E-state index contributed by atoms with van der Waals surface area (Å²) >= 11 is 0. The summed E-state index contributed by atoms with van der Waals surface area (Å²) in [6.45, 7) is 4.20. The van der Waals surface area contributed by atoms with Crippen molar-refractivity contribution in [3.05, 3.63) is 42.2 Å².